The molecular weight excluding hydrogens is 174 g/mol. The Kier molecular flexibility index (Phi) is 5.82. The number of rotatable bonds is 6. The Labute approximate surface area is 76.3 Å². The first-order valence-corrected chi connectivity index (χ1v) is 3.96. The van der Waals surface area contributed by atoms with Crippen molar-refractivity contribution in [2.45, 2.75) is 18.9 Å². The molecule has 0 heterocycles. The second kappa shape index (κ2) is 6.38. The van der Waals surface area contributed by atoms with E-state index in [4.69, 9.17) is 21.7 Å². The molecule has 6 N–H and O–H groups in total. The molecule has 6 heteroatoms. The van der Waals surface area contributed by atoms with Gasteiger partial charge in [-0.3, -0.25) is 9.79 Å². The van der Waals surface area contributed by atoms with Gasteiger partial charge >= 0.3 is 5.97 Å². The summed E-state index contributed by atoms with van der Waals surface area (Å²) in [6, 6.07) is -0.842. The summed E-state index contributed by atoms with van der Waals surface area (Å²) in [6.45, 7) is 0.123. The lowest BCUT2D eigenvalue weighted by Crippen LogP contribution is -2.30. The average Bonchev–Trinajstić information content (AvgIpc) is 2.11. The van der Waals surface area contributed by atoms with E-state index in [2.05, 4.69) is 4.99 Å². The van der Waals surface area contributed by atoms with Crippen molar-refractivity contribution in [2.24, 2.45) is 16.5 Å². The number of aliphatic imine (C=N–C) groups is 1. The highest BCUT2D eigenvalue weighted by Crippen LogP contribution is 1.94. The van der Waals surface area contributed by atoms with Gasteiger partial charge in [0.1, 0.15) is 18.5 Å². The Hall–Kier alpha value is -1.14. The molecule has 76 valence electrons. The van der Waals surface area contributed by atoms with Crippen molar-refractivity contribution in [1.29, 1.82) is 0 Å². The number of amidine groups is 1. The number of aliphatic hydroxyl groups excluding tert-OH is 1. The first-order valence-electron chi connectivity index (χ1n) is 3.96. The summed E-state index contributed by atoms with van der Waals surface area (Å²) >= 11 is 0. The summed E-state index contributed by atoms with van der Waals surface area (Å²) < 4.78 is 0. The standard InChI is InChI=1S/C7H15N3O3/c8-5(7(12)13)2-1-3-10-6(9)4-11/h5,11H,1-4,8H2,(H2,9,10)(H,12,13)/t5-/m0/s1. The molecule has 0 unspecified atom stereocenters. The van der Waals surface area contributed by atoms with Crippen LogP contribution < -0.4 is 11.5 Å². The first-order chi connectivity index (χ1) is 6.07. The molecule has 0 amide bonds. The lowest BCUT2D eigenvalue weighted by atomic mass is 10.2. The van der Waals surface area contributed by atoms with Crippen LogP contribution in [0.5, 0.6) is 0 Å². The number of carbonyl (C=O) groups is 1. The quantitative estimate of drug-likeness (QED) is 0.231. The Bertz CT molecular complexity index is 193. The summed E-state index contributed by atoms with van der Waals surface area (Å²) in [5, 5.41) is 16.9. The van der Waals surface area contributed by atoms with Crippen molar-refractivity contribution in [3.63, 3.8) is 0 Å². The minimum atomic E-state index is -1.01. The van der Waals surface area contributed by atoms with E-state index in [0.717, 1.165) is 0 Å². The van der Waals surface area contributed by atoms with E-state index >= 15 is 0 Å². The van der Waals surface area contributed by atoms with Gasteiger partial charge in [-0.1, -0.05) is 0 Å². The molecule has 1 atom stereocenters. The number of carboxylic acids is 1. The fraction of sp³-hybridized carbons (Fsp3) is 0.714. The van der Waals surface area contributed by atoms with Crippen LogP contribution >= 0.6 is 0 Å². The number of nitrogens with two attached hydrogens (primary N) is 2. The zero-order chi connectivity index (χ0) is 10.3. The molecule has 13 heavy (non-hydrogen) atoms. The van der Waals surface area contributed by atoms with Gasteiger partial charge in [0, 0.05) is 6.54 Å². The maximum Gasteiger partial charge on any atom is 0.320 e. The Balaban J connectivity index is 3.51. The molecule has 0 aliphatic carbocycles. The van der Waals surface area contributed by atoms with Crippen LogP contribution in [0.3, 0.4) is 0 Å². The first kappa shape index (κ1) is 11.9. The molecule has 0 saturated heterocycles. The third-order valence-electron chi connectivity index (χ3n) is 1.47. The molecule has 0 aromatic heterocycles. The molecular formula is C7H15N3O3. The van der Waals surface area contributed by atoms with Crippen molar-refractivity contribution in [3.05, 3.63) is 0 Å². The van der Waals surface area contributed by atoms with Crippen LogP contribution in [-0.2, 0) is 4.79 Å². The number of aliphatic hydroxyl groups is 1. The monoisotopic (exact) mass is 189 g/mol. The van der Waals surface area contributed by atoms with Gasteiger partial charge < -0.3 is 21.7 Å². The summed E-state index contributed by atoms with van der Waals surface area (Å²) in [5.74, 6) is -0.858. The van der Waals surface area contributed by atoms with Gasteiger partial charge in [0.15, 0.2) is 0 Å². The van der Waals surface area contributed by atoms with E-state index in [1.807, 2.05) is 0 Å². The lowest BCUT2D eigenvalue weighted by molar-refractivity contribution is -0.138. The second-order valence-corrected chi connectivity index (χ2v) is 2.62. The predicted molar refractivity (Wildman–Crippen MR) is 48.4 cm³/mol. The van der Waals surface area contributed by atoms with Gasteiger partial charge in [-0.25, -0.2) is 0 Å². The summed E-state index contributed by atoms with van der Waals surface area (Å²) in [5.41, 5.74) is 10.4. The predicted octanol–water partition coefficient (Wildman–Crippen LogP) is -1.47. The second-order valence-electron chi connectivity index (χ2n) is 2.62. The van der Waals surface area contributed by atoms with E-state index in [0.29, 0.717) is 19.4 Å². The van der Waals surface area contributed by atoms with Crippen LogP contribution in [0, 0.1) is 0 Å². The van der Waals surface area contributed by atoms with Crippen molar-refractivity contribution in [1.82, 2.24) is 0 Å². The van der Waals surface area contributed by atoms with Crippen LogP contribution in [0.2, 0.25) is 0 Å². The Morgan fingerprint density at radius 1 is 1.54 bits per heavy atom. The molecule has 0 aliphatic rings. The normalized spacial score (nSPS) is 14.2. The van der Waals surface area contributed by atoms with E-state index in [1.54, 1.807) is 0 Å². The zero-order valence-corrected chi connectivity index (χ0v) is 7.31. The van der Waals surface area contributed by atoms with Gasteiger partial charge in [-0.05, 0) is 12.8 Å². The molecule has 0 fully saturated rings. The number of carboxylic acid groups (broad SMARTS) is 1. The number of aliphatic carboxylic acids is 1. The molecule has 0 saturated carbocycles. The molecule has 0 aromatic rings. The molecule has 0 bridgehead atoms. The van der Waals surface area contributed by atoms with Gasteiger partial charge in [0.05, 0.1) is 0 Å². The van der Waals surface area contributed by atoms with Crippen molar-refractivity contribution >= 4 is 11.8 Å². The summed E-state index contributed by atoms with van der Waals surface area (Å²) in [4.78, 5) is 14.0. The van der Waals surface area contributed by atoms with Crippen LogP contribution in [0.15, 0.2) is 4.99 Å². The van der Waals surface area contributed by atoms with Crippen molar-refractivity contribution < 1.29 is 15.0 Å². The highest BCUT2D eigenvalue weighted by molar-refractivity contribution is 5.81. The summed E-state index contributed by atoms with van der Waals surface area (Å²) in [7, 11) is 0. The Morgan fingerprint density at radius 3 is 2.62 bits per heavy atom. The van der Waals surface area contributed by atoms with Gasteiger partial charge in [0.2, 0.25) is 0 Å². The smallest absolute Gasteiger partial charge is 0.320 e. The van der Waals surface area contributed by atoms with E-state index in [1.165, 1.54) is 0 Å². The van der Waals surface area contributed by atoms with Crippen LogP contribution in [0.1, 0.15) is 12.8 Å². The highest BCUT2D eigenvalue weighted by Gasteiger charge is 2.09. The highest BCUT2D eigenvalue weighted by atomic mass is 16.4. The van der Waals surface area contributed by atoms with E-state index in [-0.39, 0.29) is 12.4 Å². The van der Waals surface area contributed by atoms with Crippen molar-refractivity contribution in [2.75, 3.05) is 13.2 Å². The Morgan fingerprint density at radius 2 is 2.15 bits per heavy atom. The third-order valence-corrected chi connectivity index (χ3v) is 1.47. The molecule has 0 spiro atoms. The maximum atomic E-state index is 10.3. The fourth-order valence-electron chi connectivity index (χ4n) is 0.707. The summed E-state index contributed by atoms with van der Waals surface area (Å²) in [6.07, 6.45) is 0.908. The van der Waals surface area contributed by atoms with Crippen molar-refractivity contribution in [3.8, 4) is 0 Å². The fourth-order valence-corrected chi connectivity index (χ4v) is 0.707. The van der Waals surface area contributed by atoms with E-state index in [9.17, 15) is 4.79 Å². The molecule has 0 rings (SSSR count). The van der Waals surface area contributed by atoms with Crippen LogP contribution in [0.25, 0.3) is 0 Å². The van der Waals surface area contributed by atoms with Gasteiger partial charge in [-0.15, -0.1) is 0 Å². The SMILES string of the molecule is NC(CO)=NCCC[C@H](N)C(=O)O. The number of nitrogens with zero attached hydrogens (tertiary/aromatic N) is 1. The van der Waals surface area contributed by atoms with Crippen LogP contribution in [0.4, 0.5) is 0 Å². The number of hydrogen-bond acceptors (Lipinski definition) is 4. The topological polar surface area (TPSA) is 122 Å². The number of hydrogen-bond donors (Lipinski definition) is 4. The lowest BCUT2D eigenvalue weighted by Gasteiger charge is -2.03. The largest absolute Gasteiger partial charge is 0.480 e. The molecule has 0 radical (unpaired) electrons. The molecule has 0 aliphatic heterocycles. The molecule has 0 aromatic carbocycles. The minimum absolute atomic E-state index is 0.156. The van der Waals surface area contributed by atoms with Crippen LogP contribution in [-0.4, -0.2) is 41.2 Å². The molecule has 6 nitrogen and oxygen atoms in total. The van der Waals surface area contributed by atoms with E-state index < -0.39 is 12.0 Å². The van der Waals surface area contributed by atoms with Gasteiger partial charge in [-0.2, -0.15) is 0 Å². The average molecular weight is 189 g/mol. The third kappa shape index (κ3) is 6.06. The zero-order valence-electron chi connectivity index (χ0n) is 7.31. The van der Waals surface area contributed by atoms with Gasteiger partial charge in [0.25, 0.3) is 0 Å². The minimum Gasteiger partial charge on any atom is -0.480 e. The maximum absolute atomic E-state index is 10.3.